The quantitative estimate of drug-likeness (QED) is 0.0619. The number of ether oxygens (including phenoxy) is 1. The summed E-state index contributed by atoms with van der Waals surface area (Å²) >= 11 is 2.41. The Hall–Kier alpha value is -3.13. The third-order valence-electron chi connectivity index (χ3n) is 6.24. The van der Waals surface area contributed by atoms with E-state index in [-0.39, 0.29) is 28.7 Å². The number of carbonyl (C=O) groups is 4. The van der Waals surface area contributed by atoms with Gasteiger partial charge in [-0.2, -0.15) is 0 Å². The van der Waals surface area contributed by atoms with Crippen molar-refractivity contribution < 1.29 is 33.9 Å². The van der Waals surface area contributed by atoms with Crippen molar-refractivity contribution in [2.24, 2.45) is 5.16 Å². The molecular weight excluding hydrogens is 546 g/mol. The van der Waals surface area contributed by atoms with Crippen LogP contribution in [-0.4, -0.2) is 68.4 Å². The number of oxime groups is 1. The number of esters is 1. The van der Waals surface area contributed by atoms with E-state index in [0.717, 1.165) is 35.5 Å². The number of β-lactam (4-membered cyclic amide) rings is 1. The van der Waals surface area contributed by atoms with Gasteiger partial charge in [0.15, 0.2) is 10.8 Å². The zero-order valence-electron chi connectivity index (χ0n) is 21.9. The van der Waals surface area contributed by atoms with Crippen LogP contribution in [0.15, 0.2) is 22.3 Å². The number of unbranched alkanes of at least 4 members (excludes halogenated alkanes) is 8. The van der Waals surface area contributed by atoms with Crippen LogP contribution in [0.2, 0.25) is 0 Å². The molecule has 0 spiro atoms. The van der Waals surface area contributed by atoms with Gasteiger partial charge in [0.25, 0.3) is 18.6 Å². The summed E-state index contributed by atoms with van der Waals surface area (Å²) in [5.74, 6) is -2.54. The summed E-state index contributed by atoms with van der Waals surface area (Å²) in [7, 11) is 0. The average Bonchev–Trinajstić information content (AvgIpc) is 3.35. The van der Waals surface area contributed by atoms with E-state index in [0.29, 0.717) is 5.75 Å². The number of carboxylic acids is 1. The van der Waals surface area contributed by atoms with Crippen molar-refractivity contribution in [1.29, 1.82) is 0 Å². The minimum Gasteiger partial charge on any atom is -0.477 e. The number of amides is 2. The molecule has 1 unspecified atom stereocenters. The lowest BCUT2D eigenvalue weighted by Gasteiger charge is -2.48. The SMILES string of the molecule is CCCCCCCCCCCC(=O)OCON=C(C(=O)NC1C(=O)N2C(C(=O)O)=CCS[C@H]12)c1csc(N)n1. The van der Waals surface area contributed by atoms with Crippen LogP contribution in [0.3, 0.4) is 0 Å². The van der Waals surface area contributed by atoms with Crippen LogP contribution in [0.25, 0.3) is 0 Å². The van der Waals surface area contributed by atoms with E-state index in [2.05, 4.69) is 22.4 Å². The minimum absolute atomic E-state index is 0.108. The number of anilines is 1. The molecule has 0 aliphatic carbocycles. The summed E-state index contributed by atoms with van der Waals surface area (Å²) in [6.45, 7) is 1.71. The van der Waals surface area contributed by atoms with Crippen LogP contribution in [0.1, 0.15) is 76.8 Å². The Morgan fingerprint density at radius 3 is 2.51 bits per heavy atom. The number of aromatic nitrogens is 1. The predicted octanol–water partition coefficient (Wildman–Crippen LogP) is 3.24. The van der Waals surface area contributed by atoms with Crippen molar-refractivity contribution in [3.8, 4) is 0 Å². The minimum atomic E-state index is -1.21. The van der Waals surface area contributed by atoms with E-state index in [1.165, 1.54) is 61.7 Å². The fraction of sp³-hybridized carbons (Fsp3) is 0.600. The number of aliphatic carboxylic acids is 1. The van der Waals surface area contributed by atoms with Crippen molar-refractivity contribution >= 4 is 57.7 Å². The van der Waals surface area contributed by atoms with Crippen molar-refractivity contribution in [3.63, 3.8) is 0 Å². The van der Waals surface area contributed by atoms with Gasteiger partial charge in [0.1, 0.15) is 22.8 Å². The Balaban J connectivity index is 1.44. The van der Waals surface area contributed by atoms with Crippen molar-refractivity contribution in [2.45, 2.75) is 82.5 Å². The fourth-order valence-corrected chi connectivity index (χ4v) is 5.93. The van der Waals surface area contributed by atoms with Gasteiger partial charge in [0, 0.05) is 17.6 Å². The summed E-state index contributed by atoms with van der Waals surface area (Å²) < 4.78 is 5.05. The Morgan fingerprint density at radius 1 is 1.18 bits per heavy atom. The first-order valence-corrected chi connectivity index (χ1v) is 15.0. The molecule has 4 N–H and O–H groups in total. The molecule has 1 aromatic heterocycles. The third kappa shape index (κ3) is 8.68. The molecule has 0 saturated carbocycles. The molecular formula is C25H35N5O7S2. The molecule has 14 heteroatoms. The van der Waals surface area contributed by atoms with Gasteiger partial charge in [-0.05, 0) is 12.5 Å². The molecule has 214 valence electrons. The number of nitrogen functional groups attached to an aromatic ring is 1. The van der Waals surface area contributed by atoms with Gasteiger partial charge in [-0.25, -0.2) is 9.78 Å². The van der Waals surface area contributed by atoms with Gasteiger partial charge in [0.05, 0.1) is 0 Å². The zero-order valence-corrected chi connectivity index (χ0v) is 23.6. The molecule has 1 fully saturated rings. The molecule has 2 amide bonds. The van der Waals surface area contributed by atoms with Gasteiger partial charge in [0.2, 0.25) is 0 Å². The second kappa shape index (κ2) is 15.5. The van der Waals surface area contributed by atoms with E-state index in [1.807, 2.05) is 0 Å². The number of nitrogens with one attached hydrogen (secondary N) is 1. The molecule has 2 aliphatic rings. The number of thiazole rings is 1. The molecule has 12 nitrogen and oxygen atoms in total. The zero-order chi connectivity index (χ0) is 28.2. The molecule has 0 aromatic carbocycles. The molecule has 39 heavy (non-hydrogen) atoms. The highest BCUT2D eigenvalue weighted by Gasteiger charge is 2.53. The normalized spacial score (nSPS) is 18.6. The highest BCUT2D eigenvalue weighted by atomic mass is 32.2. The number of rotatable bonds is 17. The second-order valence-corrected chi connectivity index (χ2v) is 11.2. The molecule has 2 aliphatic heterocycles. The van der Waals surface area contributed by atoms with E-state index in [1.54, 1.807) is 0 Å². The predicted molar refractivity (Wildman–Crippen MR) is 148 cm³/mol. The van der Waals surface area contributed by atoms with Gasteiger partial charge >= 0.3 is 11.9 Å². The van der Waals surface area contributed by atoms with Crippen molar-refractivity contribution in [3.05, 3.63) is 22.8 Å². The summed E-state index contributed by atoms with van der Waals surface area (Å²) in [6.07, 6.45) is 12.0. The highest BCUT2D eigenvalue weighted by Crippen LogP contribution is 2.37. The first-order valence-electron chi connectivity index (χ1n) is 13.1. The second-order valence-electron chi connectivity index (χ2n) is 9.13. The summed E-state index contributed by atoms with van der Waals surface area (Å²) in [5, 5.41) is 16.8. The lowest BCUT2D eigenvalue weighted by atomic mass is 10.0. The Kier molecular flexibility index (Phi) is 12.1. The number of nitrogens with zero attached hydrogens (tertiary/aromatic N) is 3. The molecule has 1 saturated heterocycles. The van der Waals surface area contributed by atoms with Gasteiger partial charge in [-0.1, -0.05) is 63.4 Å². The monoisotopic (exact) mass is 581 g/mol. The van der Waals surface area contributed by atoms with Gasteiger partial charge < -0.3 is 25.7 Å². The molecule has 2 atom stereocenters. The number of thioether (sulfide) groups is 1. The summed E-state index contributed by atoms with van der Waals surface area (Å²) in [5.41, 5.74) is 5.46. The number of hydrogen-bond acceptors (Lipinski definition) is 11. The van der Waals surface area contributed by atoms with E-state index in [9.17, 15) is 24.3 Å². The fourth-order valence-electron chi connectivity index (χ4n) is 4.18. The summed E-state index contributed by atoms with van der Waals surface area (Å²) in [4.78, 5) is 59.2. The molecule has 0 radical (unpaired) electrons. The molecule has 1 aromatic rings. The van der Waals surface area contributed by atoms with E-state index >= 15 is 0 Å². The van der Waals surface area contributed by atoms with Crippen LogP contribution < -0.4 is 11.1 Å². The van der Waals surface area contributed by atoms with Crippen molar-refractivity contribution in [1.82, 2.24) is 15.2 Å². The molecule has 3 heterocycles. The number of fused-ring (bicyclic) bond motifs is 1. The van der Waals surface area contributed by atoms with E-state index < -0.39 is 42.0 Å². The lowest BCUT2D eigenvalue weighted by molar-refractivity contribution is -0.156. The topological polar surface area (TPSA) is 174 Å². The smallest absolute Gasteiger partial charge is 0.352 e. The number of carbonyl (C=O) groups excluding carboxylic acids is 3. The van der Waals surface area contributed by atoms with Crippen LogP contribution in [0, 0.1) is 0 Å². The Bertz CT molecular complexity index is 1090. The first kappa shape index (κ1) is 30.4. The Morgan fingerprint density at radius 2 is 1.87 bits per heavy atom. The van der Waals surface area contributed by atoms with Crippen LogP contribution >= 0.6 is 23.1 Å². The number of nitrogens with two attached hydrogens (primary N) is 1. The van der Waals surface area contributed by atoms with Gasteiger partial charge in [-0.3, -0.25) is 19.3 Å². The summed E-state index contributed by atoms with van der Waals surface area (Å²) in [6, 6.07) is -0.944. The lowest BCUT2D eigenvalue weighted by Crippen LogP contribution is -2.70. The number of hydrogen-bond donors (Lipinski definition) is 3. The van der Waals surface area contributed by atoms with Crippen LogP contribution in [0.5, 0.6) is 0 Å². The van der Waals surface area contributed by atoms with Gasteiger partial charge in [-0.15, -0.1) is 23.1 Å². The van der Waals surface area contributed by atoms with E-state index in [4.69, 9.17) is 15.3 Å². The molecule has 3 rings (SSSR count). The average molecular weight is 582 g/mol. The first-order chi connectivity index (χ1) is 18.8. The Labute approximate surface area is 235 Å². The third-order valence-corrected chi connectivity index (χ3v) is 8.10. The molecule has 0 bridgehead atoms. The highest BCUT2D eigenvalue weighted by molar-refractivity contribution is 8.00. The maximum absolute atomic E-state index is 13.0. The maximum Gasteiger partial charge on any atom is 0.352 e. The van der Waals surface area contributed by atoms with Crippen LogP contribution in [0.4, 0.5) is 5.13 Å². The number of carboxylic acid groups (broad SMARTS) is 1. The van der Waals surface area contributed by atoms with Crippen LogP contribution in [-0.2, 0) is 28.8 Å². The van der Waals surface area contributed by atoms with Crippen molar-refractivity contribution in [2.75, 3.05) is 18.3 Å². The standard InChI is InChI=1S/C25H35N5O7S2/c1-2-3-4-5-6-7-8-9-10-11-18(31)36-15-37-29-19(16-14-39-25(26)27-16)21(32)28-20-22(33)30-17(24(34)35)12-13-38-23(20)30/h12,14,20,23H,2-11,13,15H2,1H3,(H2,26,27)(H,28,32)(H,34,35)/t20?,23-/m1/s1. The maximum atomic E-state index is 13.0. The largest absolute Gasteiger partial charge is 0.477 e.